The molecule has 0 atom stereocenters. The predicted octanol–water partition coefficient (Wildman–Crippen LogP) is 0.941. The van der Waals surface area contributed by atoms with Crippen molar-refractivity contribution in [1.29, 1.82) is 0 Å². The average Bonchev–Trinajstić information content (AvgIpc) is 2.28. The Morgan fingerprint density at radius 3 is 2.61 bits per heavy atom. The van der Waals surface area contributed by atoms with E-state index in [4.69, 9.17) is 10.5 Å². The lowest BCUT2D eigenvalue weighted by molar-refractivity contribution is -0.116. The summed E-state index contributed by atoms with van der Waals surface area (Å²) >= 11 is 0. The molecule has 0 aliphatic heterocycles. The topological polar surface area (TPSA) is 93.5 Å². The molecule has 98 valence electrons. The van der Waals surface area contributed by atoms with Crippen molar-refractivity contribution in [2.45, 2.75) is 13.3 Å². The number of hydrogen-bond acceptors (Lipinski definition) is 4. The highest BCUT2D eigenvalue weighted by atomic mass is 16.5. The quantitative estimate of drug-likeness (QED) is 0.726. The average molecular weight is 251 g/mol. The first-order valence-electron chi connectivity index (χ1n) is 5.52. The molecule has 1 aromatic rings. The van der Waals surface area contributed by atoms with Crippen LogP contribution in [-0.2, 0) is 9.59 Å². The zero-order valence-corrected chi connectivity index (χ0v) is 10.4. The molecule has 0 aliphatic carbocycles. The number of nitrogens with two attached hydrogens (primary N) is 1. The first-order valence-corrected chi connectivity index (χ1v) is 5.52. The van der Waals surface area contributed by atoms with E-state index in [-0.39, 0.29) is 24.8 Å². The minimum atomic E-state index is -0.198. The number of hydrogen-bond donors (Lipinski definition) is 3. The Morgan fingerprint density at radius 1 is 1.33 bits per heavy atom. The fraction of sp³-hybridized carbons (Fsp3) is 0.333. The Bertz CT molecular complexity index is 446. The minimum Gasteiger partial charge on any atom is -0.495 e. The van der Waals surface area contributed by atoms with E-state index in [2.05, 4.69) is 10.6 Å². The van der Waals surface area contributed by atoms with E-state index >= 15 is 0 Å². The summed E-state index contributed by atoms with van der Waals surface area (Å²) in [7, 11) is 1.51. The van der Waals surface area contributed by atoms with Crippen LogP contribution in [0.2, 0.25) is 0 Å². The molecule has 0 radical (unpaired) electrons. The summed E-state index contributed by atoms with van der Waals surface area (Å²) in [6.07, 6.45) is 0.230. The van der Waals surface area contributed by atoms with E-state index in [1.54, 1.807) is 18.2 Å². The molecular weight excluding hydrogens is 234 g/mol. The maximum absolute atomic E-state index is 11.5. The van der Waals surface area contributed by atoms with Gasteiger partial charge in [0.1, 0.15) is 5.75 Å². The van der Waals surface area contributed by atoms with Gasteiger partial charge in [0.05, 0.1) is 12.8 Å². The normalized spacial score (nSPS) is 9.72. The monoisotopic (exact) mass is 251 g/mol. The van der Waals surface area contributed by atoms with Crippen molar-refractivity contribution < 1.29 is 14.3 Å². The van der Waals surface area contributed by atoms with Gasteiger partial charge in [-0.3, -0.25) is 9.59 Å². The van der Waals surface area contributed by atoms with Crippen LogP contribution < -0.4 is 21.1 Å². The van der Waals surface area contributed by atoms with Crippen LogP contribution in [0.1, 0.15) is 13.3 Å². The van der Waals surface area contributed by atoms with Gasteiger partial charge in [-0.05, 0) is 18.2 Å². The third-order valence-electron chi connectivity index (χ3n) is 2.17. The van der Waals surface area contributed by atoms with Crippen LogP contribution >= 0.6 is 0 Å². The third-order valence-corrected chi connectivity index (χ3v) is 2.17. The maximum Gasteiger partial charge on any atom is 0.225 e. The van der Waals surface area contributed by atoms with Gasteiger partial charge in [0.15, 0.2) is 0 Å². The second-order valence-electron chi connectivity index (χ2n) is 3.68. The molecule has 0 spiro atoms. The molecule has 0 aliphatic rings. The number of methoxy groups -OCH3 is 1. The third kappa shape index (κ3) is 4.06. The lowest BCUT2D eigenvalue weighted by Crippen LogP contribution is -2.17. The van der Waals surface area contributed by atoms with E-state index in [0.29, 0.717) is 17.1 Å². The highest BCUT2D eigenvalue weighted by molar-refractivity contribution is 5.94. The molecule has 0 heterocycles. The summed E-state index contributed by atoms with van der Waals surface area (Å²) in [5.41, 5.74) is 6.39. The fourth-order valence-corrected chi connectivity index (χ4v) is 1.43. The smallest absolute Gasteiger partial charge is 0.225 e. The highest BCUT2D eigenvalue weighted by Gasteiger charge is 2.08. The zero-order chi connectivity index (χ0) is 13.5. The highest BCUT2D eigenvalue weighted by Crippen LogP contribution is 2.27. The van der Waals surface area contributed by atoms with Gasteiger partial charge in [-0.2, -0.15) is 0 Å². The van der Waals surface area contributed by atoms with Crippen LogP contribution in [0.5, 0.6) is 5.75 Å². The van der Waals surface area contributed by atoms with Gasteiger partial charge in [0.2, 0.25) is 11.8 Å². The molecule has 1 rings (SSSR count). The van der Waals surface area contributed by atoms with Crippen LogP contribution in [0.15, 0.2) is 18.2 Å². The van der Waals surface area contributed by atoms with Gasteiger partial charge in [-0.25, -0.2) is 0 Å². The summed E-state index contributed by atoms with van der Waals surface area (Å²) in [5.74, 6) is 0.143. The molecule has 1 aromatic carbocycles. The molecule has 0 saturated heterocycles. The number of amides is 2. The number of nitrogens with one attached hydrogen (secondary N) is 2. The molecule has 0 aromatic heterocycles. The van der Waals surface area contributed by atoms with Crippen LogP contribution in [0.3, 0.4) is 0 Å². The van der Waals surface area contributed by atoms with Gasteiger partial charge >= 0.3 is 0 Å². The molecule has 18 heavy (non-hydrogen) atoms. The molecule has 0 fully saturated rings. The van der Waals surface area contributed by atoms with E-state index in [0.717, 1.165) is 0 Å². The number of carbonyl (C=O) groups excluding carboxylic acids is 2. The van der Waals surface area contributed by atoms with E-state index < -0.39 is 0 Å². The van der Waals surface area contributed by atoms with Crippen molar-refractivity contribution in [2.24, 2.45) is 5.73 Å². The summed E-state index contributed by atoms with van der Waals surface area (Å²) in [4.78, 5) is 22.4. The molecule has 2 amide bonds. The largest absolute Gasteiger partial charge is 0.495 e. The SMILES string of the molecule is COc1ccc(NC(C)=O)cc1NC(=O)CCN. The summed E-state index contributed by atoms with van der Waals surface area (Å²) in [6, 6.07) is 5.00. The number of carbonyl (C=O) groups is 2. The second kappa shape index (κ2) is 6.61. The first kappa shape index (κ1) is 14.0. The Hall–Kier alpha value is -2.08. The van der Waals surface area contributed by atoms with Crippen molar-refractivity contribution in [1.82, 2.24) is 0 Å². The van der Waals surface area contributed by atoms with Crippen LogP contribution in [-0.4, -0.2) is 25.5 Å². The van der Waals surface area contributed by atoms with E-state index in [9.17, 15) is 9.59 Å². The van der Waals surface area contributed by atoms with Crippen LogP contribution in [0.25, 0.3) is 0 Å². The lowest BCUT2D eigenvalue weighted by atomic mass is 10.2. The summed E-state index contributed by atoms with van der Waals surface area (Å²) in [5, 5.41) is 5.31. The number of benzene rings is 1. The van der Waals surface area contributed by atoms with Crippen LogP contribution in [0.4, 0.5) is 11.4 Å². The Balaban J connectivity index is 2.91. The Labute approximate surface area is 105 Å². The summed E-state index contributed by atoms with van der Waals surface area (Å²) < 4.78 is 5.13. The van der Waals surface area contributed by atoms with Gasteiger partial charge in [-0.15, -0.1) is 0 Å². The standard InChI is InChI=1S/C12H17N3O3/c1-8(16)14-9-3-4-11(18-2)10(7-9)15-12(17)5-6-13/h3-4,7H,5-6,13H2,1-2H3,(H,14,16)(H,15,17). The Morgan fingerprint density at radius 2 is 2.06 bits per heavy atom. The Kier molecular flexibility index (Phi) is 5.13. The molecule has 4 N–H and O–H groups in total. The number of anilines is 2. The van der Waals surface area contributed by atoms with Crippen LogP contribution in [0, 0.1) is 0 Å². The minimum absolute atomic E-state index is 0.181. The van der Waals surface area contributed by atoms with Gasteiger partial charge < -0.3 is 21.1 Å². The van der Waals surface area contributed by atoms with Gasteiger partial charge in [0, 0.05) is 25.6 Å². The van der Waals surface area contributed by atoms with E-state index in [1.165, 1.54) is 14.0 Å². The zero-order valence-electron chi connectivity index (χ0n) is 10.4. The van der Waals surface area contributed by atoms with Gasteiger partial charge in [-0.1, -0.05) is 0 Å². The van der Waals surface area contributed by atoms with Crippen molar-refractivity contribution in [2.75, 3.05) is 24.3 Å². The molecule has 0 bridgehead atoms. The molecule has 0 saturated carbocycles. The number of rotatable bonds is 5. The van der Waals surface area contributed by atoms with Crippen molar-refractivity contribution >= 4 is 23.2 Å². The molecule has 0 unspecified atom stereocenters. The molecule has 6 heteroatoms. The molecule has 6 nitrogen and oxygen atoms in total. The lowest BCUT2D eigenvalue weighted by Gasteiger charge is -2.12. The predicted molar refractivity (Wildman–Crippen MR) is 69.6 cm³/mol. The van der Waals surface area contributed by atoms with Gasteiger partial charge in [0.25, 0.3) is 0 Å². The fourth-order valence-electron chi connectivity index (χ4n) is 1.43. The second-order valence-corrected chi connectivity index (χ2v) is 3.68. The molecular formula is C12H17N3O3. The van der Waals surface area contributed by atoms with Crippen molar-refractivity contribution in [3.8, 4) is 5.75 Å². The first-order chi connectivity index (χ1) is 8.56. The maximum atomic E-state index is 11.5. The van der Waals surface area contributed by atoms with Crippen molar-refractivity contribution in [3.05, 3.63) is 18.2 Å². The van der Waals surface area contributed by atoms with E-state index in [1.807, 2.05) is 0 Å². The number of ether oxygens (including phenoxy) is 1. The summed E-state index contributed by atoms with van der Waals surface area (Å²) in [6.45, 7) is 1.69. The van der Waals surface area contributed by atoms with Crippen molar-refractivity contribution in [3.63, 3.8) is 0 Å².